The van der Waals surface area contributed by atoms with E-state index in [9.17, 15) is 19.7 Å². The number of nitrogens with zero attached hydrogens (tertiary/aromatic N) is 1. The molecule has 1 aliphatic rings. The Bertz CT molecular complexity index is 538. The summed E-state index contributed by atoms with van der Waals surface area (Å²) in [5, 5.41) is 10.6. The fraction of sp³-hybridized carbons (Fsp3) is 0.385. The molecule has 0 radical (unpaired) electrons. The number of nitro benzene ring substituents is 1. The highest BCUT2D eigenvalue weighted by molar-refractivity contribution is 5.96. The number of nitro groups is 1. The van der Waals surface area contributed by atoms with E-state index in [0.29, 0.717) is 6.42 Å². The molecule has 7 nitrogen and oxygen atoms in total. The van der Waals surface area contributed by atoms with Crippen LogP contribution in [0.15, 0.2) is 24.3 Å². The van der Waals surface area contributed by atoms with Crippen LogP contribution < -0.4 is 0 Å². The maximum atomic E-state index is 11.6. The van der Waals surface area contributed by atoms with Crippen molar-refractivity contribution >= 4 is 17.6 Å². The van der Waals surface area contributed by atoms with Crippen LogP contribution in [-0.4, -0.2) is 30.6 Å². The highest BCUT2D eigenvalue weighted by Gasteiger charge is 2.43. The van der Waals surface area contributed by atoms with Gasteiger partial charge in [0.05, 0.1) is 18.6 Å². The van der Waals surface area contributed by atoms with Gasteiger partial charge in [-0.3, -0.25) is 19.7 Å². The third-order valence-corrected chi connectivity index (χ3v) is 3.27. The molecule has 0 N–H and O–H groups in total. The zero-order valence-electron chi connectivity index (χ0n) is 10.8. The van der Waals surface area contributed by atoms with Crippen LogP contribution in [0.25, 0.3) is 0 Å². The molecule has 0 saturated carbocycles. The van der Waals surface area contributed by atoms with Crippen molar-refractivity contribution in [3.63, 3.8) is 0 Å². The van der Waals surface area contributed by atoms with Gasteiger partial charge in [-0.05, 0) is 12.0 Å². The standard InChI is InChI=1S/C13H13NO6/c1-19-12(15)11-9(7-20-13(11)16)6-8-2-4-10(5-3-8)14(17)18/h2-5,9,11H,6-7H2,1H3/t9-,11-/m0/s1. The minimum Gasteiger partial charge on any atom is -0.468 e. The van der Waals surface area contributed by atoms with Gasteiger partial charge in [0.2, 0.25) is 0 Å². The number of methoxy groups -OCH3 is 1. The monoisotopic (exact) mass is 279 g/mol. The van der Waals surface area contributed by atoms with Gasteiger partial charge in [-0.25, -0.2) is 0 Å². The second-order valence-electron chi connectivity index (χ2n) is 4.52. The Labute approximate surface area is 114 Å². The average molecular weight is 279 g/mol. The zero-order chi connectivity index (χ0) is 14.7. The van der Waals surface area contributed by atoms with Crippen molar-refractivity contribution in [2.45, 2.75) is 6.42 Å². The summed E-state index contributed by atoms with van der Waals surface area (Å²) in [7, 11) is 1.22. The number of hydrogen-bond donors (Lipinski definition) is 0. The summed E-state index contributed by atoms with van der Waals surface area (Å²) in [5.41, 5.74) is 0.796. The Morgan fingerprint density at radius 1 is 1.45 bits per heavy atom. The summed E-state index contributed by atoms with van der Waals surface area (Å²) in [6.07, 6.45) is 0.420. The van der Waals surface area contributed by atoms with Crippen molar-refractivity contribution in [1.82, 2.24) is 0 Å². The predicted molar refractivity (Wildman–Crippen MR) is 66.8 cm³/mol. The molecule has 1 aromatic rings. The van der Waals surface area contributed by atoms with E-state index in [-0.39, 0.29) is 18.2 Å². The molecule has 0 bridgehead atoms. The Morgan fingerprint density at radius 2 is 2.10 bits per heavy atom. The topological polar surface area (TPSA) is 95.7 Å². The van der Waals surface area contributed by atoms with Gasteiger partial charge < -0.3 is 9.47 Å². The van der Waals surface area contributed by atoms with E-state index >= 15 is 0 Å². The first-order valence-electron chi connectivity index (χ1n) is 6.00. The molecular formula is C13H13NO6. The van der Waals surface area contributed by atoms with Crippen LogP contribution in [0.4, 0.5) is 5.69 Å². The first-order chi connectivity index (χ1) is 9.52. The van der Waals surface area contributed by atoms with Crippen molar-refractivity contribution < 1.29 is 24.0 Å². The number of carbonyl (C=O) groups is 2. The van der Waals surface area contributed by atoms with Crippen molar-refractivity contribution in [2.24, 2.45) is 11.8 Å². The Kier molecular flexibility index (Phi) is 3.97. The zero-order valence-corrected chi connectivity index (χ0v) is 10.8. The lowest BCUT2D eigenvalue weighted by atomic mass is 9.89. The van der Waals surface area contributed by atoms with Gasteiger partial charge in [-0.2, -0.15) is 0 Å². The number of non-ortho nitro benzene ring substituents is 1. The minimum absolute atomic E-state index is 0.00276. The first-order valence-corrected chi connectivity index (χ1v) is 6.00. The summed E-state index contributed by atoms with van der Waals surface area (Å²) in [5.74, 6) is -2.42. The van der Waals surface area contributed by atoms with Crippen LogP contribution in [0.2, 0.25) is 0 Å². The Balaban J connectivity index is 2.10. The molecule has 1 saturated heterocycles. The van der Waals surface area contributed by atoms with E-state index in [2.05, 4.69) is 4.74 Å². The smallest absolute Gasteiger partial charge is 0.320 e. The molecule has 7 heteroatoms. The number of esters is 2. The van der Waals surface area contributed by atoms with E-state index in [1.165, 1.54) is 19.2 Å². The molecule has 0 amide bonds. The average Bonchev–Trinajstić information content (AvgIpc) is 2.79. The van der Waals surface area contributed by atoms with Crippen LogP contribution in [0, 0.1) is 22.0 Å². The third-order valence-electron chi connectivity index (χ3n) is 3.27. The molecule has 0 unspecified atom stereocenters. The molecule has 1 heterocycles. The van der Waals surface area contributed by atoms with E-state index in [4.69, 9.17) is 4.74 Å². The number of benzene rings is 1. The fourth-order valence-corrected chi connectivity index (χ4v) is 2.22. The van der Waals surface area contributed by atoms with Crippen LogP contribution in [0.3, 0.4) is 0 Å². The first kappa shape index (κ1) is 14.0. The molecule has 2 rings (SSSR count). The second-order valence-corrected chi connectivity index (χ2v) is 4.52. The largest absolute Gasteiger partial charge is 0.468 e. The summed E-state index contributed by atoms with van der Waals surface area (Å²) < 4.78 is 9.48. The summed E-state index contributed by atoms with van der Waals surface area (Å²) in [6.45, 7) is 0.148. The van der Waals surface area contributed by atoms with Crippen LogP contribution in [0.5, 0.6) is 0 Å². The van der Waals surface area contributed by atoms with Crippen molar-refractivity contribution in [3.8, 4) is 0 Å². The molecule has 0 spiro atoms. The van der Waals surface area contributed by atoms with Crippen LogP contribution in [0.1, 0.15) is 5.56 Å². The van der Waals surface area contributed by atoms with Gasteiger partial charge in [0.25, 0.3) is 5.69 Å². The lowest BCUT2D eigenvalue weighted by Gasteiger charge is -2.12. The van der Waals surface area contributed by atoms with Crippen LogP contribution in [-0.2, 0) is 25.5 Å². The molecule has 1 aliphatic heterocycles. The fourth-order valence-electron chi connectivity index (χ4n) is 2.22. The van der Waals surface area contributed by atoms with E-state index < -0.39 is 22.8 Å². The lowest BCUT2D eigenvalue weighted by Crippen LogP contribution is -2.28. The predicted octanol–water partition coefficient (Wildman–Crippen LogP) is 1.10. The summed E-state index contributed by atoms with van der Waals surface area (Å²) in [4.78, 5) is 33.1. The molecule has 1 fully saturated rings. The SMILES string of the molecule is COC(=O)[C@H]1C(=O)OC[C@@H]1Cc1ccc([N+](=O)[O-])cc1. The molecule has 0 aliphatic carbocycles. The Morgan fingerprint density at radius 3 is 2.65 bits per heavy atom. The second kappa shape index (κ2) is 5.68. The van der Waals surface area contributed by atoms with Crippen molar-refractivity contribution in [1.29, 1.82) is 0 Å². The Hall–Kier alpha value is -2.44. The van der Waals surface area contributed by atoms with Gasteiger partial charge in [-0.1, -0.05) is 12.1 Å². The molecule has 106 valence electrons. The molecule has 20 heavy (non-hydrogen) atoms. The third kappa shape index (κ3) is 2.76. The molecule has 2 atom stereocenters. The molecular weight excluding hydrogens is 266 g/mol. The number of cyclic esters (lactones) is 1. The summed E-state index contributed by atoms with van der Waals surface area (Å²) in [6, 6.07) is 5.99. The number of carbonyl (C=O) groups excluding carboxylic acids is 2. The van der Waals surface area contributed by atoms with Crippen LogP contribution >= 0.6 is 0 Å². The minimum atomic E-state index is -0.921. The highest BCUT2D eigenvalue weighted by atomic mass is 16.6. The van der Waals surface area contributed by atoms with E-state index in [1.54, 1.807) is 12.1 Å². The van der Waals surface area contributed by atoms with Crippen molar-refractivity contribution in [3.05, 3.63) is 39.9 Å². The molecule has 0 aromatic heterocycles. The van der Waals surface area contributed by atoms with Gasteiger partial charge >= 0.3 is 11.9 Å². The number of rotatable bonds is 4. The van der Waals surface area contributed by atoms with Gasteiger partial charge in [0.1, 0.15) is 0 Å². The van der Waals surface area contributed by atoms with Gasteiger partial charge in [-0.15, -0.1) is 0 Å². The van der Waals surface area contributed by atoms with E-state index in [1.807, 2.05) is 0 Å². The van der Waals surface area contributed by atoms with Crippen molar-refractivity contribution in [2.75, 3.05) is 13.7 Å². The van der Waals surface area contributed by atoms with Gasteiger partial charge in [0.15, 0.2) is 5.92 Å². The normalized spacial score (nSPS) is 21.4. The maximum Gasteiger partial charge on any atom is 0.320 e. The highest BCUT2D eigenvalue weighted by Crippen LogP contribution is 2.27. The lowest BCUT2D eigenvalue weighted by molar-refractivity contribution is -0.384. The molecule has 1 aromatic carbocycles. The quantitative estimate of drug-likeness (QED) is 0.354. The number of ether oxygens (including phenoxy) is 2. The van der Waals surface area contributed by atoms with E-state index in [0.717, 1.165) is 5.56 Å². The maximum absolute atomic E-state index is 11.6. The summed E-state index contributed by atoms with van der Waals surface area (Å²) >= 11 is 0. The van der Waals surface area contributed by atoms with Gasteiger partial charge in [0, 0.05) is 18.1 Å². The number of hydrogen-bond acceptors (Lipinski definition) is 6.